The molecule has 1 fully saturated rings. The third kappa shape index (κ3) is 1.69. The molecule has 0 spiro atoms. The van der Waals surface area contributed by atoms with Gasteiger partial charge in [-0.25, -0.2) is 0 Å². The number of piperazine rings is 1. The van der Waals surface area contributed by atoms with E-state index in [-0.39, 0.29) is 18.4 Å². The van der Waals surface area contributed by atoms with Crippen LogP contribution in [0, 0.1) is 0 Å². The predicted octanol–water partition coefficient (Wildman–Crippen LogP) is -0.485. The van der Waals surface area contributed by atoms with Crippen LogP contribution in [-0.2, 0) is 9.59 Å². The Kier molecular flexibility index (Phi) is 2.47. The maximum atomic E-state index is 11.5. The van der Waals surface area contributed by atoms with E-state index in [1.54, 1.807) is 24.1 Å². The minimum absolute atomic E-state index is 0.126. The molecule has 0 saturated carbocycles. The van der Waals surface area contributed by atoms with Crippen molar-refractivity contribution < 1.29 is 9.59 Å². The molecule has 16 heavy (non-hydrogen) atoms. The zero-order valence-corrected chi connectivity index (χ0v) is 8.80. The fourth-order valence-corrected chi connectivity index (χ4v) is 1.67. The minimum atomic E-state index is -0.414. The number of imide groups is 1. The fourth-order valence-electron chi connectivity index (χ4n) is 1.67. The quantitative estimate of drug-likeness (QED) is 0.624. The first-order chi connectivity index (χ1) is 7.59. The van der Waals surface area contributed by atoms with Crippen molar-refractivity contribution in [2.45, 2.75) is 13.0 Å². The van der Waals surface area contributed by atoms with Crippen LogP contribution in [0.25, 0.3) is 0 Å². The molecule has 1 atom stereocenters. The molecule has 1 saturated heterocycles. The SMILES string of the molecule is CC1C(=O)NC(=O)CN1c1ccncc1N. The van der Waals surface area contributed by atoms with Crippen LogP contribution in [0.15, 0.2) is 18.5 Å². The van der Waals surface area contributed by atoms with Gasteiger partial charge in [-0.2, -0.15) is 0 Å². The van der Waals surface area contributed by atoms with Crippen molar-refractivity contribution in [2.24, 2.45) is 0 Å². The zero-order chi connectivity index (χ0) is 11.7. The molecule has 2 heterocycles. The number of hydrogen-bond donors (Lipinski definition) is 2. The number of nitrogen functional groups attached to an aromatic ring is 1. The van der Waals surface area contributed by atoms with E-state index in [9.17, 15) is 9.59 Å². The Labute approximate surface area is 92.4 Å². The van der Waals surface area contributed by atoms with Gasteiger partial charge in [0.15, 0.2) is 0 Å². The van der Waals surface area contributed by atoms with Crippen molar-refractivity contribution in [2.75, 3.05) is 17.2 Å². The van der Waals surface area contributed by atoms with Gasteiger partial charge < -0.3 is 10.6 Å². The van der Waals surface area contributed by atoms with Gasteiger partial charge in [-0.1, -0.05) is 0 Å². The third-order valence-electron chi connectivity index (χ3n) is 2.56. The molecule has 2 rings (SSSR count). The molecule has 0 radical (unpaired) electrons. The largest absolute Gasteiger partial charge is 0.396 e. The number of nitrogens with two attached hydrogens (primary N) is 1. The smallest absolute Gasteiger partial charge is 0.249 e. The lowest BCUT2D eigenvalue weighted by Crippen LogP contribution is -2.57. The van der Waals surface area contributed by atoms with Crippen molar-refractivity contribution in [3.8, 4) is 0 Å². The molecule has 1 aliphatic heterocycles. The molecule has 0 bridgehead atoms. The van der Waals surface area contributed by atoms with Gasteiger partial charge in [-0.05, 0) is 13.0 Å². The van der Waals surface area contributed by atoms with E-state index in [0.29, 0.717) is 11.4 Å². The zero-order valence-electron chi connectivity index (χ0n) is 8.80. The van der Waals surface area contributed by atoms with Crippen molar-refractivity contribution in [1.82, 2.24) is 10.3 Å². The molecule has 1 aliphatic rings. The standard InChI is InChI=1S/C10H12N4O2/c1-6-10(16)13-9(15)5-14(6)8-2-3-12-4-7(8)11/h2-4,6H,5,11H2,1H3,(H,13,15,16). The molecule has 1 aromatic rings. The fraction of sp³-hybridized carbons (Fsp3) is 0.300. The highest BCUT2D eigenvalue weighted by molar-refractivity contribution is 6.04. The second kappa shape index (κ2) is 3.80. The van der Waals surface area contributed by atoms with Gasteiger partial charge in [0.1, 0.15) is 6.04 Å². The van der Waals surface area contributed by atoms with Crippen molar-refractivity contribution in [3.63, 3.8) is 0 Å². The Balaban J connectivity index is 2.36. The monoisotopic (exact) mass is 220 g/mol. The number of aromatic nitrogens is 1. The van der Waals surface area contributed by atoms with Crippen molar-refractivity contribution >= 4 is 23.2 Å². The summed E-state index contributed by atoms with van der Waals surface area (Å²) in [6.07, 6.45) is 3.08. The number of pyridine rings is 1. The predicted molar refractivity (Wildman–Crippen MR) is 58.6 cm³/mol. The van der Waals surface area contributed by atoms with Gasteiger partial charge in [0.25, 0.3) is 0 Å². The number of hydrogen-bond acceptors (Lipinski definition) is 5. The highest BCUT2D eigenvalue weighted by atomic mass is 16.2. The normalized spacial score (nSPS) is 20.8. The first-order valence-corrected chi connectivity index (χ1v) is 4.89. The van der Waals surface area contributed by atoms with Crippen LogP contribution in [0.4, 0.5) is 11.4 Å². The molecule has 6 heteroatoms. The van der Waals surface area contributed by atoms with Crippen LogP contribution >= 0.6 is 0 Å². The summed E-state index contributed by atoms with van der Waals surface area (Å²) >= 11 is 0. The molecule has 6 nitrogen and oxygen atoms in total. The van der Waals surface area contributed by atoms with Crippen LogP contribution < -0.4 is 16.0 Å². The summed E-state index contributed by atoms with van der Waals surface area (Å²) in [4.78, 5) is 28.3. The lowest BCUT2D eigenvalue weighted by atomic mass is 10.1. The van der Waals surface area contributed by atoms with E-state index < -0.39 is 6.04 Å². The molecule has 1 aromatic heterocycles. The Morgan fingerprint density at radius 2 is 2.31 bits per heavy atom. The van der Waals surface area contributed by atoms with Crippen molar-refractivity contribution in [1.29, 1.82) is 0 Å². The summed E-state index contributed by atoms with van der Waals surface area (Å²) in [5.41, 5.74) is 6.87. The number of anilines is 2. The number of amides is 2. The molecular weight excluding hydrogens is 208 g/mol. The molecule has 2 amide bonds. The summed E-state index contributed by atoms with van der Waals surface area (Å²) in [6, 6.07) is 1.28. The van der Waals surface area contributed by atoms with E-state index >= 15 is 0 Å². The Morgan fingerprint density at radius 3 is 3.00 bits per heavy atom. The van der Waals surface area contributed by atoms with E-state index in [2.05, 4.69) is 10.3 Å². The Hall–Kier alpha value is -2.11. The van der Waals surface area contributed by atoms with Crippen molar-refractivity contribution in [3.05, 3.63) is 18.5 Å². The summed E-state index contributed by atoms with van der Waals surface area (Å²) in [6.45, 7) is 1.85. The first-order valence-electron chi connectivity index (χ1n) is 4.89. The molecule has 84 valence electrons. The number of nitrogens with one attached hydrogen (secondary N) is 1. The average molecular weight is 220 g/mol. The summed E-state index contributed by atoms with van der Waals surface area (Å²) in [5, 5.41) is 2.27. The second-order valence-electron chi connectivity index (χ2n) is 3.65. The van der Waals surface area contributed by atoms with E-state index in [4.69, 9.17) is 5.73 Å². The number of rotatable bonds is 1. The van der Waals surface area contributed by atoms with Crippen LogP contribution in [0.1, 0.15) is 6.92 Å². The second-order valence-corrected chi connectivity index (χ2v) is 3.65. The van der Waals surface area contributed by atoms with Crippen LogP contribution in [0.5, 0.6) is 0 Å². The molecule has 0 aromatic carbocycles. The maximum Gasteiger partial charge on any atom is 0.249 e. The molecule has 3 N–H and O–H groups in total. The van der Waals surface area contributed by atoms with Crippen LogP contribution in [-0.4, -0.2) is 29.4 Å². The van der Waals surface area contributed by atoms with Crippen LogP contribution in [0.2, 0.25) is 0 Å². The highest BCUT2D eigenvalue weighted by Gasteiger charge is 2.31. The summed E-state index contributed by atoms with van der Waals surface area (Å²) < 4.78 is 0. The number of carbonyl (C=O) groups excluding carboxylic acids is 2. The molecule has 1 unspecified atom stereocenters. The van der Waals surface area contributed by atoms with Gasteiger partial charge in [-0.15, -0.1) is 0 Å². The summed E-state index contributed by atoms with van der Waals surface area (Å²) in [5.74, 6) is -0.633. The first kappa shape index (κ1) is 10.4. The topological polar surface area (TPSA) is 88.3 Å². The highest BCUT2D eigenvalue weighted by Crippen LogP contribution is 2.24. The average Bonchev–Trinajstić information content (AvgIpc) is 2.24. The van der Waals surface area contributed by atoms with Gasteiger partial charge in [0.05, 0.1) is 24.1 Å². The Bertz CT molecular complexity index is 446. The van der Waals surface area contributed by atoms with Crippen LogP contribution in [0.3, 0.4) is 0 Å². The lowest BCUT2D eigenvalue weighted by Gasteiger charge is -2.33. The van der Waals surface area contributed by atoms with Gasteiger partial charge in [-0.3, -0.25) is 19.9 Å². The van der Waals surface area contributed by atoms with Gasteiger partial charge >= 0.3 is 0 Å². The molecular formula is C10H12N4O2. The summed E-state index contributed by atoms with van der Waals surface area (Å²) in [7, 11) is 0. The number of carbonyl (C=O) groups is 2. The maximum absolute atomic E-state index is 11.5. The third-order valence-corrected chi connectivity index (χ3v) is 2.56. The van der Waals surface area contributed by atoms with Gasteiger partial charge in [0, 0.05) is 6.20 Å². The van der Waals surface area contributed by atoms with E-state index in [1.165, 1.54) is 6.20 Å². The number of nitrogens with zero attached hydrogens (tertiary/aromatic N) is 2. The minimum Gasteiger partial charge on any atom is -0.396 e. The van der Waals surface area contributed by atoms with E-state index in [0.717, 1.165) is 0 Å². The molecule has 0 aliphatic carbocycles. The Morgan fingerprint density at radius 1 is 1.56 bits per heavy atom. The lowest BCUT2D eigenvalue weighted by molar-refractivity contribution is -0.132. The van der Waals surface area contributed by atoms with E-state index in [1.807, 2.05) is 0 Å². The van der Waals surface area contributed by atoms with Gasteiger partial charge in [0.2, 0.25) is 11.8 Å².